The molecule has 1 unspecified atom stereocenters. The van der Waals surface area contributed by atoms with Crippen LogP contribution in [-0.4, -0.2) is 64.6 Å². The van der Waals surface area contributed by atoms with Crippen LogP contribution in [0.5, 0.6) is 0 Å². The molecule has 1 aliphatic carbocycles. The van der Waals surface area contributed by atoms with Crippen LogP contribution in [0.15, 0.2) is 12.3 Å². The number of rotatable bonds is 8. The quantitative estimate of drug-likeness (QED) is 0.481. The zero-order valence-corrected chi connectivity index (χ0v) is 22.3. The van der Waals surface area contributed by atoms with Crippen LogP contribution in [-0.2, 0) is 10.9 Å². The summed E-state index contributed by atoms with van der Waals surface area (Å²) in [6.45, 7) is 5.12. The Hall–Kier alpha value is -2.73. The van der Waals surface area contributed by atoms with Crippen LogP contribution in [0.25, 0.3) is 10.4 Å². The van der Waals surface area contributed by atoms with E-state index in [1.165, 1.54) is 0 Å². The van der Waals surface area contributed by atoms with Gasteiger partial charge in [0.1, 0.15) is 11.5 Å². The zero-order chi connectivity index (χ0) is 27.0. The highest BCUT2D eigenvalue weighted by Gasteiger charge is 2.39. The number of ether oxygens (including phenoxy) is 1. The summed E-state index contributed by atoms with van der Waals surface area (Å²) >= 11 is 0.788. The maximum Gasteiger partial charge on any atom is 0.417 e. The van der Waals surface area contributed by atoms with Gasteiger partial charge in [0, 0.05) is 30.4 Å². The third-order valence-corrected chi connectivity index (χ3v) is 8.57. The normalized spacial score (nSPS) is 21.1. The van der Waals surface area contributed by atoms with E-state index >= 15 is 0 Å². The van der Waals surface area contributed by atoms with Crippen molar-refractivity contribution in [3.05, 3.63) is 28.5 Å². The number of carbonyl (C=O) groups excluding carboxylic acids is 2. The molecule has 2 saturated heterocycles. The Balaban J connectivity index is 1.55. The van der Waals surface area contributed by atoms with Crippen LogP contribution in [0.3, 0.4) is 0 Å². The molecule has 2 aromatic rings. The first-order valence-corrected chi connectivity index (χ1v) is 14.0. The lowest BCUT2D eigenvalue weighted by Gasteiger charge is -2.33. The average molecular weight is 552 g/mol. The van der Waals surface area contributed by atoms with Crippen molar-refractivity contribution in [1.29, 1.82) is 0 Å². The number of anilines is 1. The van der Waals surface area contributed by atoms with Gasteiger partial charge in [-0.05, 0) is 57.4 Å². The van der Waals surface area contributed by atoms with Crippen LogP contribution >= 0.6 is 11.3 Å². The first-order chi connectivity index (χ1) is 18.2. The molecule has 12 heteroatoms. The number of thiazole rings is 1. The molecule has 2 atom stereocenters. The number of carbonyl (C=O) groups is 2. The minimum Gasteiger partial charge on any atom is -0.377 e. The van der Waals surface area contributed by atoms with E-state index in [1.54, 1.807) is 4.90 Å². The molecule has 8 nitrogen and oxygen atoms in total. The van der Waals surface area contributed by atoms with E-state index in [-0.39, 0.29) is 45.1 Å². The minimum absolute atomic E-state index is 0.00314. The van der Waals surface area contributed by atoms with Gasteiger partial charge >= 0.3 is 6.18 Å². The number of nitrogens with one attached hydrogen (secondary N) is 2. The van der Waals surface area contributed by atoms with E-state index in [0.717, 1.165) is 62.1 Å². The molecule has 3 fully saturated rings. The Morgan fingerprint density at radius 2 is 2.00 bits per heavy atom. The lowest BCUT2D eigenvalue weighted by atomic mass is 10.0. The molecule has 38 heavy (non-hydrogen) atoms. The molecule has 3 aliphatic rings. The van der Waals surface area contributed by atoms with Gasteiger partial charge in [0.25, 0.3) is 11.8 Å². The van der Waals surface area contributed by atoms with Gasteiger partial charge in [0.05, 0.1) is 29.7 Å². The van der Waals surface area contributed by atoms with Gasteiger partial charge in [-0.25, -0.2) is 9.97 Å². The molecule has 2 amide bonds. The zero-order valence-electron chi connectivity index (χ0n) is 21.4. The fourth-order valence-corrected chi connectivity index (χ4v) is 6.02. The average Bonchev–Trinajstić information content (AvgIpc) is 3.61. The van der Waals surface area contributed by atoms with E-state index < -0.39 is 23.6 Å². The highest BCUT2D eigenvalue weighted by atomic mass is 32.1. The Labute approximate surface area is 223 Å². The maximum atomic E-state index is 14.4. The number of amides is 2. The van der Waals surface area contributed by atoms with Gasteiger partial charge in [-0.3, -0.25) is 9.59 Å². The molecule has 0 spiro atoms. The molecule has 4 heterocycles. The van der Waals surface area contributed by atoms with Crippen molar-refractivity contribution in [2.45, 2.75) is 76.7 Å². The maximum absolute atomic E-state index is 14.4. The number of pyridine rings is 1. The molecule has 2 N–H and O–H groups in total. The first-order valence-electron chi connectivity index (χ1n) is 13.2. The second-order valence-electron chi connectivity index (χ2n) is 10.4. The minimum atomic E-state index is -4.70. The van der Waals surface area contributed by atoms with Crippen molar-refractivity contribution >= 4 is 29.0 Å². The van der Waals surface area contributed by atoms with Crippen LogP contribution in [0.1, 0.15) is 78.2 Å². The molecular weight excluding hydrogens is 519 g/mol. The van der Waals surface area contributed by atoms with Gasteiger partial charge in [-0.15, -0.1) is 11.3 Å². The third-order valence-electron chi connectivity index (χ3n) is 7.48. The number of hydrogen-bond donors (Lipinski definition) is 2. The monoisotopic (exact) mass is 551 g/mol. The van der Waals surface area contributed by atoms with Gasteiger partial charge in [0.15, 0.2) is 5.01 Å². The van der Waals surface area contributed by atoms with Crippen molar-refractivity contribution in [3.8, 4) is 10.4 Å². The summed E-state index contributed by atoms with van der Waals surface area (Å²) < 4.78 is 48.2. The van der Waals surface area contributed by atoms with E-state index in [2.05, 4.69) is 20.6 Å². The molecular formula is C26H32F3N5O3S. The number of aromatic nitrogens is 2. The second kappa shape index (κ2) is 10.8. The third kappa shape index (κ3) is 5.66. The van der Waals surface area contributed by atoms with Gasteiger partial charge in [0.2, 0.25) is 0 Å². The summed E-state index contributed by atoms with van der Waals surface area (Å²) in [4.78, 5) is 36.8. The van der Waals surface area contributed by atoms with Gasteiger partial charge in [-0.1, -0.05) is 6.92 Å². The van der Waals surface area contributed by atoms with Crippen LogP contribution in [0.4, 0.5) is 19.0 Å². The second-order valence-corrected chi connectivity index (χ2v) is 11.4. The predicted octanol–water partition coefficient (Wildman–Crippen LogP) is 4.97. The van der Waals surface area contributed by atoms with Crippen molar-refractivity contribution < 1.29 is 27.5 Å². The van der Waals surface area contributed by atoms with Gasteiger partial charge < -0.3 is 20.3 Å². The molecule has 2 aliphatic heterocycles. The summed E-state index contributed by atoms with van der Waals surface area (Å²) in [5, 5.41) is 5.86. The Kier molecular flexibility index (Phi) is 7.63. The van der Waals surface area contributed by atoms with Crippen LogP contribution in [0.2, 0.25) is 0 Å². The number of likely N-dealkylation sites (tertiary alicyclic amines) is 1. The molecule has 5 rings (SSSR count). The summed E-state index contributed by atoms with van der Waals surface area (Å²) in [5.41, 5.74) is -1.31. The van der Waals surface area contributed by atoms with Gasteiger partial charge in [-0.2, -0.15) is 13.2 Å². The largest absolute Gasteiger partial charge is 0.417 e. The van der Waals surface area contributed by atoms with E-state index in [9.17, 15) is 22.8 Å². The fourth-order valence-electron chi connectivity index (χ4n) is 5.04. The molecule has 206 valence electrons. The standard InChI is InChI=1S/C26H32F3N5O3S/c1-3-19(15-7-8-15)32-20-10-18(26(27,28)29)17(11-30-20)22-21(25(36)34-9-5-4-6-14(34)2)33-24(38-22)23(35)31-16-12-37-13-16/h10-11,14-16,19H,3-9,12-13H2,1-2H3,(H,30,32)(H,31,35)/t14?,19-/m0/s1. The lowest BCUT2D eigenvalue weighted by molar-refractivity contribution is -0.137. The smallest absolute Gasteiger partial charge is 0.377 e. The molecule has 0 aromatic carbocycles. The van der Waals surface area contributed by atoms with E-state index in [0.29, 0.717) is 25.7 Å². The van der Waals surface area contributed by atoms with Crippen molar-refractivity contribution in [2.75, 3.05) is 25.1 Å². The fraction of sp³-hybridized carbons (Fsp3) is 0.615. The van der Waals surface area contributed by atoms with Crippen molar-refractivity contribution in [1.82, 2.24) is 20.2 Å². The van der Waals surface area contributed by atoms with Crippen LogP contribution < -0.4 is 10.6 Å². The van der Waals surface area contributed by atoms with Crippen molar-refractivity contribution in [2.24, 2.45) is 5.92 Å². The first kappa shape index (κ1) is 26.9. The van der Waals surface area contributed by atoms with E-state index in [4.69, 9.17) is 4.74 Å². The Bertz CT molecular complexity index is 1200. The van der Waals surface area contributed by atoms with Crippen LogP contribution in [0, 0.1) is 5.92 Å². The molecule has 0 bridgehead atoms. The molecule has 1 saturated carbocycles. The Morgan fingerprint density at radius 1 is 1.24 bits per heavy atom. The Morgan fingerprint density at radius 3 is 2.61 bits per heavy atom. The predicted molar refractivity (Wildman–Crippen MR) is 137 cm³/mol. The number of hydrogen-bond acceptors (Lipinski definition) is 7. The molecule has 0 radical (unpaired) electrons. The SMILES string of the molecule is CC[C@H](Nc1cc(C(F)(F)F)c(-c2sc(C(=O)NC3COC3)nc2C(=O)N2CCCCC2C)cn1)C1CC1. The highest BCUT2D eigenvalue weighted by Crippen LogP contribution is 2.42. The number of nitrogens with zero attached hydrogens (tertiary/aromatic N) is 3. The number of halogens is 3. The summed E-state index contributed by atoms with van der Waals surface area (Å²) in [6, 6.07) is 0.798. The summed E-state index contributed by atoms with van der Waals surface area (Å²) in [6.07, 6.45) is 1.91. The summed E-state index contributed by atoms with van der Waals surface area (Å²) in [5.74, 6) is -0.421. The highest BCUT2D eigenvalue weighted by molar-refractivity contribution is 7.17. The van der Waals surface area contributed by atoms with E-state index in [1.807, 2.05) is 13.8 Å². The number of alkyl halides is 3. The summed E-state index contributed by atoms with van der Waals surface area (Å²) in [7, 11) is 0. The topological polar surface area (TPSA) is 96.4 Å². The number of piperidine rings is 1. The molecule has 2 aromatic heterocycles. The van der Waals surface area contributed by atoms with Crippen molar-refractivity contribution in [3.63, 3.8) is 0 Å². The lowest BCUT2D eigenvalue weighted by Crippen LogP contribution is -2.48.